The zero-order valence-electron chi connectivity index (χ0n) is 12.1. The molecule has 1 saturated heterocycles. The third-order valence-corrected chi connectivity index (χ3v) is 6.26. The van der Waals surface area contributed by atoms with Gasteiger partial charge in [-0.25, -0.2) is 0 Å². The predicted molar refractivity (Wildman–Crippen MR) is 74.4 cm³/mol. The van der Waals surface area contributed by atoms with E-state index < -0.39 is 0 Å². The molecule has 2 N–H and O–H groups in total. The van der Waals surface area contributed by atoms with E-state index in [0.717, 1.165) is 12.5 Å². The van der Waals surface area contributed by atoms with Crippen molar-refractivity contribution in [1.82, 2.24) is 0 Å². The molecule has 3 rings (SSSR count). The molecule has 0 radical (unpaired) electrons. The molecule has 2 nitrogen and oxygen atoms in total. The fourth-order valence-corrected chi connectivity index (χ4v) is 4.70. The maximum Gasteiger partial charge on any atom is 0.0686 e. The van der Waals surface area contributed by atoms with Gasteiger partial charge < -0.3 is 10.5 Å². The van der Waals surface area contributed by atoms with Crippen LogP contribution in [0, 0.1) is 17.8 Å². The molecule has 1 heterocycles. The van der Waals surface area contributed by atoms with E-state index in [0.29, 0.717) is 11.8 Å². The van der Waals surface area contributed by atoms with Crippen LogP contribution in [-0.2, 0) is 4.74 Å². The third kappa shape index (κ3) is 2.02. The Balaban J connectivity index is 1.72. The molecule has 0 amide bonds. The van der Waals surface area contributed by atoms with Crippen molar-refractivity contribution in [3.8, 4) is 0 Å². The molecule has 3 fully saturated rings. The van der Waals surface area contributed by atoms with Crippen molar-refractivity contribution >= 4 is 0 Å². The van der Waals surface area contributed by atoms with Gasteiger partial charge in [-0.05, 0) is 69.1 Å². The lowest BCUT2D eigenvalue weighted by molar-refractivity contribution is -0.157. The molecular weight excluding hydrogens is 222 g/mol. The van der Waals surface area contributed by atoms with Crippen LogP contribution in [0.25, 0.3) is 0 Å². The highest BCUT2D eigenvalue weighted by Crippen LogP contribution is 2.50. The van der Waals surface area contributed by atoms with Crippen LogP contribution in [0.4, 0.5) is 0 Å². The van der Waals surface area contributed by atoms with Crippen LogP contribution in [0.3, 0.4) is 0 Å². The molecule has 0 aromatic carbocycles. The summed E-state index contributed by atoms with van der Waals surface area (Å²) in [5.74, 6) is 2.25. The molecule has 0 aromatic rings. The molecule has 1 aliphatic heterocycles. The molecule has 1 spiro atoms. The third-order valence-electron chi connectivity index (χ3n) is 6.26. The second-order valence-electron chi connectivity index (χ2n) is 7.47. The van der Waals surface area contributed by atoms with E-state index in [9.17, 15) is 0 Å². The lowest BCUT2D eigenvalue weighted by Gasteiger charge is -2.54. The summed E-state index contributed by atoms with van der Waals surface area (Å²) >= 11 is 0. The fraction of sp³-hybridized carbons (Fsp3) is 1.00. The molecule has 4 atom stereocenters. The smallest absolute Gasteiger partial charge is 0.0686 e. The van der Waals surface area contributed by atoms with Gasteiger partial charge in [0.2, 0.25) is 0 Å². The number of ether oxygens (including phenoxy) is 1. The van der Waals surface area contributed by atoms with E-state index in [4.69, 9.17) is 10.5 Å². The minimum atomic E-state index is 0.0961. The zero-order chi connectivity index (χ0) is 12.8. The van der Waals surface area contributed by atoms with Crippen LogP contribution in [0.1, 0.15) is 65.2 Å². The van der Waals surface area contributed by atoms with Gasteiger partial charge >= 0.3 is 0 Å². The Bertz CT molecular complexity index is 312. The van der Waals surface area contributed by atoms with Gasteiger partial charge in [0.15, 0.2) is 0 Å². The maximum atomic E-state index is 6.88. The van der Waals surface area contributed by atoms with Crippen LogP contribution >= 0.6 is 0 Å². The van der Waals surface area contributed by atoms with Crippen LogP contribution in [0.2, 0.25) is 0 Å². The summed E-state index contributed by atoms with van der Waals surface area (Å²) in [6.07, 6.45) is 10.2. The van der Waals surface area contributed by atoms with Crippen molar-refractivity contribution < 1.29 is 4.74 Å². The summed E-state index contributed by atoms with van der Waals surface area (Å²) in [7, 11) is 0. The fourth-order valence-electron chi connectivity index (χ4n) is 4.70. The first-order valence-corrected chi connectivity index (χ1v) is 7.97. The number of hydrogen-bond acceptors (Lipinski definition) is 2. The quantitative estimate of drug-likeness (QED) is 0.774. The Morgan fingerprint density at radius 2 is 1.89 bits per heavy atom. The molecule has 4 unspecified atom stereocenters. The van der Waals surface area contributed by atoms with Crippen molar-refractivity contribution in [3.05, 3.63) is 0 Å². The van der Waals surface area contributed by atoms with Gasteiger partial charge in [-0.15, -0.1) is 0 Å². The zero-order valence-corrected chi connectivity index (χ0v) is 12.1. The van der Waals surface area contributed by atoms with Gasteiger partial charge in [-0.3, -0.25) is 0 Å². The minimum Gasteiger partial charge on any atom is -0.375 e. The van der Waals surface area contributed by atoms with E-state index in [1.165, 1.54) is 51.4 Å². The largest absolute Gasteiger partial charge is 0.375 e. The minimum absolute atomic E-state index is 0.0961. The molecule has 104 valence electrons. The number of rotatable bonds is 1. The Kier molecular flexibility index (Phi) is 3.22. The standard InChI is InChI=1S/C16H29NO/c1-12-4-8-16(17,13(2)10-12)14-5-9-18-15(11-14)6-3-7-15/h12-14H,3-11,17H2,1-2H3. The van der Waals surface area contributed by atoms with Crippen LogP contribution < -0.4 is 5.73 Å². The monoisotopic (exact) mass is 251 g/mol. The molecule has 2 saturated carbocycles. The highest BCUT2D eigenvalue weighted by Gasteiger charge is 2.50. The molecule has 0 bridgehead atoms. The van der Waals surface area contributed by atoms with Gasteiger partial charge in [0.25, 0.3) is 0 Å². The first-order valence-electron chi connectivity index (χ1n) is 7.97. The molecule has 0 aromatic heterocycles. The van der Waals surface area contributed by atoms with Gasteiger partial charge in [0, 0.05) is 12.1 Å². The van der Waals surface area contributed by atoms with Gasteiger partial charge in [0.05, 0.1) is 5.60 Å². The molecule has 3 aliphatic rings. The van der Waals surface area contributed by atoms with Crippen molar-refractivity contribution in [2.75, 3.05) is 6.61 Å². The molecule has 2 aliphatic carbocycles. The Morgan fingerprint density at radius 3 is 2.50 bits per heavy atom. The number of hydrogen-bond donors (Lipinski definition) is 1. The lowest BCUT2D eigenvalue weighted by atomic mass is 9.59. The Labute approximate surface area is 112 Å². The summed E-state index contributed by atoms with van der Waals surface area (Å²) in [6.45, 7) is 5.72. The topological polar surface area (TPSA) is 35.2 Å². The van der Waals surface area contributed by atoms with E-state index in [2.05, 4.69) is 13.8 Å². The van der Waals surface area contributed by atoms with Crippen LogP contribution in [0.5, 0.6) is 0 Å². The van der Waals surface area contributed by atoms with Crippen molar-refractivity contribution in [1.29, 1.82) is 0 Å². The summed E-state index contributed by atoms with van der Waals surface area (Å²) in [5, 5.41) is 0. The first kappa shape index (κ1) is 12.9. The summed E-state index contributed by atoms with van der Waals surface area (Å²) in [6, 6.07) is 0. The summed E-state index contributed by atoms with van der Waals surface area (Å²) in [5.41, 5.74) is 7.23. The SMILES string of the molecule is CC1CCC(N)(C2CCOC3(CCC3)C2)C(C)C1. The Hall–Kier alpha value is -0.0800. The van der Waals surface area contributed by atoms with E-state index in [1.54, 1.807) is 0 Å². The average molecular weight is 251 g/mol. The lowest BCUT2D eigenvalue weighted by Crippen LogP contribution is -2.59. The summed E-state index contributed by atoms with van der Waals surface area (Å²) < 4.78 is 6.07. The van der Waals surface area contributed by atoms with Gasteiger partial charge in [-0.2, -0.15) is 0 Å². The van der Waals surface area contributed by atoms with Crippen molar-refractivity contribution in [3.63, 3.8) is 0 Å². The summed E-state index contributed by atoms with van der Waals surface area (Å²) in [4.78, 5) is 0. The highest BCUT2D eigenvalue weighted by atomic mass is 16.5. The van der Waals surface area contributed by atoms with Crippen molar-refractivity contribution in [2.45, 2.75) is 76.4 Å². The molecular formula is C16H29NO. The van der Waals surface area contributed by atoms with Crippen LogP contribution in [-0.4, -0.2) is 17.7 Å². The Morgan fingerprint density at radius 1 is 1.11 bits per heavy atom. The van der Waals surface area contributed by atoms with Gasteiger partial charge in [0.1, 0.15) is 0 Å². The highest BCUT2D eigenvalue weighted by molar-refractivity contribution is 5.04. The average Bonchev–Trinajstić information content (AvgIpc) is 2.33. The second kappa shape index (κ2) is 4.49. The molecule has 2 heteroatoms. The predicted octanol–water partition coefficient (Wildman–Crippen LogP) is 3.49. The second-order valence-corrected chi connectivity index (χ2v) is 7.47. The van der Waals surface area contributed by atoms with Gasteiger partial charge in [-0.1, -0.05) is 13.8 Å². The van der Waals surface area contributed by atoms with E-state index in [-0.39, 0.29) is 11.1 Å². The van der Waals surface area contributed by atoms with Crippen molar-refractivity contribution in [2.24, 2.45) is 23.5 Å². The maximum absolute atomic E-state index is 6.88. The van der Waals surface area contributed by atoms with Crippen LogP contribution in [0.15, 0.2) is 0 Å². The number of nitrogens with two attached hydrogens (primary N) is 1. The first-order chi connectivity index (χ1) is 8.54. The molecule has 18 heavy (non-hydrogen) atoms. The van der Waals surface area contributed by atoms with E-state index in [1.807, 2.05) is 0 Å². The van der Waals surface area contributed by atoms with E-state index >= 15 is 0 Å². The normalized spacial score (nSPS) is 47.8.